The number of aromatic hydroxyl groups is 1. The second-order valence-corrected chi connectivity index (χ2v) is 2.44. The number of alkyl halides is 1. The SMILES string of the molecule is CCc1cc(O)ccc1CF. The molecule has 1 N–H and O–H groups in total. The van der Waals surface area contributed by atoms with Gasteiger partial charge in [0.1, 0.15) is 12.4 Å². The van der Waals surface area contributed by atoms with Gasteiger partial charge in [-0.15, -0.1) is 0 Å². The molecule has 1 rings (SSSR count). The minimum atomic E-state index is -0.455. The number of hydrogen-bond acceptors (Lipinski definition) is 1. The van der Waals surface area contributed by atoms with Gasteiger partial charge in [-0.25, -0.2) is 4.39 Å². The van der Waals surface area contributed by atoms with Crippen LogP contribution in [0.1, 0.15) is 18.1 Å². The molecule has 2 heteroatoms. The summed E-state index contributed by atoms with van der Waals surface area (Å²) in [4.78, 5) is 0. The highest BCUT2D eigenvalue weighted by molar-refractivity contribution is 5.34. The fraction of sp³-hybridized carbons (Fsp3) is 0.333. The van der Waals surface area contributed by atoms with Gasteiger partial charge in [0.2, 0.25) is 0 Å². The van der Waals surface area contributed by atoms with Crippen molar-refractivity contribution >= 4 is 0 Å². The van der Waals surface area contributed by atoms with Crippen molar-refractivity contribution in [1.82, 2.24) is 0 Å². The molecule has 1 nitrogen and oxygen atoms in total. The Bertz CT molecular complexity index is 245. The zero-order valence-corrected chi connectivity index (χ0v) is 6.47. The third kappa shape index (κ3) is 1.70. The molecule has 0 unspecified atom stereocenters. The highest BCUT2D eigenvalue weighted by Crippen LogP contribution is 2.17. The van der Waals surface area contributed by atoms with Gasteiger partial charge >= 0.3 is 0 Å². The van der Waals surface area contributed by atoms with E-state index in [1.165, 1.54) is 6.07 Å². The predicted octanol–water partition coefficient (Wildman–Crippen LogP) is 2.42. The summed E-state index contributed by atoms with van der Waals surface area (Å²) in [7, 11) is 0. The van der Waals surface area contributed by atoms with Crippen molar-refractivity contribution in [2.45, 2.75) is 20.0 Å². The summed E-state index contributed by atoms with van der Waals surface area (Å²) < 4.78 is 12.2. The lowest BCUT2D eigenvalue weighted by atomic mass is 10.1. The lowest BCUT2D eigenvalue weighted by Crippen LogP contribution is -1.88. The number of phenolic OH excluding ortho intramolecular Hbond substituents is 1. The Hall–Kier alpha value is -1.05. The van der Waals surface area contributed by atoms with Gasteiger partial charge in [0.15, 0.2) is 0 Å². The molecule has 11 heavy (non-hydrogen) atoms. The Morgan fingerprint density at radius 1 is 1.36 bits per heavy atom. The first-order valence-corrected chi connectivity index (χ1v) is 3.64. The van der Waals surface area contributed by atoms with Crippen molar-refractivity contribution in [3.8, 4) is 5.75 Å². The van der Waals surface area contributed by atoms with Crippen LogP contribution in [-0.4, -0.2) is 5.11 Å². The Kier molecular flexibility index (Phi) is 2.47. The number of benzene rings is 1. The van der Waals surface area contributed by atoms with E-state index in [-0.39, 0.29) is 5.75 Å². The molecule has 0 fully saturated rings. The maximum absolute atomic E-state index is 12.2. The standard InChI is InChI=1S/C9H11FO/c1-2-7-5-9(11)4-3-8(7)6-10/h3-5,11H,2,6H2,1H3. The number of hydrogen-bond donors (Lipinski definition) is 1. The largest absolute Gasteiger partial charge is 0.508 e. The average Bonchev–Trinajstić information content (AvgIpc) is 2.04. The molecule has 60 valence electrons. The first kappa shape index (κ1) is 8.05. The van der Waals surface area contributed by atoms with E-state index in [0.717, 1.165) is 12.0 Å². The van der Waals surface area contributed by atoms with E-state index < -0.39 is 6.67 Å². The molecule has 0 spiro atoms. The summed E-state index contributed by atoms with van der Waals surface area (Å²) in [5.41, 5.74) is 1.55. The van der Waals surface area contributed by atoms with Gasteiger partial charge in [0.25, 0.3) is 0 Å². The van der Waals surface area contributed by atoms with E-state index in [2.05, 4.69) is 0 Å². The second-order valence-electron chi connectivity index (χ2n) is 2.44. The molecule has 0 aromatic heterocycles. The normalized spacial score (nSPS) is 10.0. The van der Waals surface area contributed by atoms with Crippen LogP contribution in [0.15, 0.2) is 18.2 Å². The summed E-state index contributed by atoms with van der Waals surface area (Å²) in [5.74, 6) is 0.207. The van der Waals surface area contributed by atoms with E-state index in [0.29, 0.717) is 5.56 Å². The number of phenols is 1. The minimum Gasteiger partial charge on any atom is -0.508 e. The third-order valence-electron chi connectivity index (χ3n) is 1.71. The summed E-state index contributed by atoms with van der Waals surface area (Å²) in [6.45, 7) is 1.48. The molecule has 0 aliphatic heterocycles. The van der Waals surface area contributed by atoms with Crippen molar-refractivity contribution in [2.75, 3.05) is 0 Å². The van der Waals surface area contributed by atoms with Crippen LogP contribution >= 0.6 is 0 Å². The van der Waals surface area contributed by atoms with Gasteiger partial charge < -0.3 is 5.11 Å². The monoisotopic (exact) mass is 154 g/mol. The van der Waals surface area contributed by atoms with Crippen LogP contribution in [0.25, 0.3) is 0 Å². The van der Waals surface area contributed by atoms with E-state index in [1.54, 1.807) is 12.1 Å². The Balaban J connectivity index is 3.06. The Labute approximate surface area is 65.5 Å². The van der Waals surface area contributed by atoms with Crippen LogP contribution in [-0.2, 0) is 13.1 Å². The molecule has 0 heterocycles. The van der Waals surface area contributed by atoms with Gasteiger partial charge in [-0.1, -0.05) is 13.0 Å². The molecule has 0 aliphatic rings. The maximum Gasteiger partial charge on any atom is 0.115 e. The van der Waals surface area contributed by atoms with Crippen molar-refractivity contribution in [3.05, 3.63) is 29.3 Å². The van der Waals surface area contributed by atoms with Gasteiger partial charge in [0, 0.05) is 0 Å². The number of halogens is 1. The smallest absolute Gasteiger partial charge is 0.115 e. The van der Waals surface area contributed by atoms with Crippen LogP contribution in [0.5, 0.6) is 5.75 Å². The zero-order chi connectivity index (χ0) is 8.27. The second kappa shape index (κ2) is 3.37. The Morgan fingerprint density at radius 3 is 2.64 bits per heavy atom. The first-order chi connectivity index (χ1) is 5.27. The van der Waals surface area contributed by atoms with Gasteiger partial charge in [-0.3, -0.25) is 0 Å². The maximum atomic E-state index is 12.2. The van der Waals surface area contributed by atoms with Crippen LogP contribution < -0.4 is 0 Å². The molecule has 1 aromatic carbocycles. The lowest BCUT2D eigenvalue weighted by molar-refractivity contribution is 0.467. The molecule has 0 saturated carbocycles. The molecule has 0 saturated heterocycles. The fourth-order valence-corrected chi connectivity index (χ4v) is 1.07. The van der Waals surface area contributed by atoms with Gasteiger partial charge in [-0.2, -0.15) is 0 Å². The zero-order valence-electron chi connectivity index (χ0n) is 6.47. The van der Waals surface area contributed by atoms with Crippen LogP contribution in [0.3, 0.4) is 0 Å². The van der Waals surface area contributed by atoms with Crippen molar-refractivity contribution in [1.29, 1.82) is 0 Å². The van der Waals surface area contributed by atoms with Crippen LogP contribution in [0.4, 0.5) is 4.39 Å². The summed E-state index contributed by atoms with van der Waals surface area (Å²) in [5, 5.41) is 9.04. The van der Waals surface area contributed by atoms with Crippen molar-refractivity contribution < 1.29 is 9.50 Å². The number of rotatable bonds is 2. The van der Waals surface area contributed by atoms with Crippen LogP contribution in [0, 0.1) is 0 Å². The Morgan fingerprint density at radius 2 is 2.09 bits per heavy atom. The molecule has 1 aromatic rings. The topological polar surface area (TPSA) is 20.2 Å². The molecule has 0 aliphatic carbocycles. The fourth-order valence-electron chi connectivity index (χ4n) is 1.07. The first-order valence-electron chi connectivity index (χ1n) is 3.64. The predicted molar refractivity (Wildman–Crippen MR) is 42.3 cm³/mol. The van der Waals surface area contributed by atoms with E-state index in [4.69, 9.17) is 5.11 Å². The average molecular weight is 154 g/mol. The third-order valence-corrected chi connectivity index (χ3v) is 1.71. The van der Waals surface area contributed by atoms with Crippen LogP contribution in [0.2, 0.25) is 0 Å². The molecule has 0 radical (unpaired) electrons. The quantitative estimate of drug-likeness (QED) is 0.693. The van der Waals surface area contributed by atoms with Crippen molar-refractivity contribution in [3.63, 3.8) is 0 Å². The van der Waals surface area contributed by atoms with Gasteiger partial charge in [-0.05, 0) is 29.7 Å². The van der Waals surface area contributed by atoms with E-state index in [9.17, 15) is 4.39 Å². The molecule has 0 bridgehead atoms. The minimum absolute atomic E-state index is 0.207. The molecular formula is C9H11FO. The highest BCUT2D eigenvalue weighted by Gasteiger charge is 2.00. The highest BCUT2D eigenvalue weighted by atomic mass is 19.1. The lowest BCUT2D eigenvalue weighted by Gasteiger charge is -2.03. The van der Waals surface area contributed by atoms with Crippen molar-refractivity contribution in [2.24, 2.45) is 0 Å². The van der Waals surface area contributed by atoms with Gasteiger partial charge in [0.05, 0.1) is 0 Å². The van der Waals surface area contributed by atoms with E-state index in [1.807, 2.05) is 6.92 Å². The summed E-state index contributed by atoms with van der Waals surface area (Å²) in [6, 6.07) is 4.73. The molecule has 0 amide bonds. The van der Waals surface area contributed by atoms with E-state index >= 15 is 0 Å². The summed E-state index contributed by atoms with van der Waals surface area (Å²) >= 11 is 0. The summed E-state index contributed by atoms with van der Waals surface area (Å²) in [6.07, 6.45) is 0.758. The molecule has 0 atom stereocenters. The molecular weight excluding hydrogens is 143 g/mol. The number of aryl methyl sites for hydroxylation is 1.